The fourth-order valence-electron chi connectivity index (χ4n) is 1.31. The number of aryl methyl sites for hydroxylation is 1. The number of hydrogen-bond acceptors (Lipinski definition) is 5. The summed E-state index contributed by atoms with van der Waals surface area (Å²) in [6.45, 7) is 5.26. The molecule has 0 aliphatic heterocycles. The Hall–Kier alpha value is -0.490. The molecule has 1 heterocycles. The molecule has 0 spiro atoms. The average Bonchev–Trinajstić information content (AvgIpc) is 2.61. The van der Waals surface area contributed by atoms with Gasteiger partial charge >= 0.3 is 0 Å². The van der Waals surface area contributed by atoms with Crippen LogP contribution in [0.15, 0.2) is 5.51 Å². The second-order valence-corrected chi connectivity index (χ2v) is 4.29. The van der Waals surface area contributed by atoms with Crippen LogP contribution < -0.4 is 0 Å². The van der Waals surface area contributed by atoms with Gasteiger partial charge in [0.1, 0.15) is 0 Å². The van der Waals surface area contributed by atoms with Crippen LogP contribution in [0, 0.1) is 6.92 Å². The highest BCUT2D eigenvalue weighted by atomic mass is 32.1. The molecule has 0 bridgehead atoms. The van der Waals surface area contributed by atoms with Crippen molar-refractivity contribution in [2.45, 2.75) is 13.5 Å². The van der Waals surface area contributed by atoms with E-state index in [4.69, 9.17) is 9.84 Å². The van der Waals surface area contributed by atoms with Crippen molar-refractivity contribution in [3.8, 4) is 0 Å². The zero-order valence-electron chi connectivity index (χ0n) is 9.27. The Labute approximate surface area is 94.5 Å². The maximum atomic E-state index is 8.94. The molecule has 0 amide bonds. The van der Waals surface area contributed by atoms with Gasteiger partial charge < -0.3 is 9.84 Å². The van der Waals surface area contributed by atoms with E-state index < -0.39 is 0 Å². The predicted octanol–water partition coefficient (Wildman–Crippen LogP) is 0.892. The minimum absolute atomic E-state index is 0.182. The van der Waals surface area contributed by atoms with Gasteiger partial charge in [0.25, 0.3) is 0 Å². The van der Waals surface area contributed by atoms with Crippen LogP contribution in [-0.2, 0) is 11.3 Å². The molecule has 0 aliphatic rings. The number of methoxy groups -OCH3 is 1. The molecule has 0 fully saturated rings. The molecule has 1 aromatic rings. The van der Waals surface area contributed by atoms with Gasteiger partial charge in [-0.3, -0.25) is 4.90 Å². The Morgan fingerprint density at radius 3 is 2.87 bits per heavy atom. The third kappa shape index (κ3) is 4.25. The van der Waals surface area contributed by atoms with Crippen LogP contribution in [0.5, 0.6) is 0 Å². The first-order chi connectivity index (χ1) is 7.27. The van der Waals surface area contributed by atoms with E-state index in [0.29, 0.717) is 13.2 Å². The molecule has 5 heteroatoms. The standard InChI is InChI=1S/C10H18N2O2S/c1-9-10(15-8-11-9)7-12(3-5-13)4-6-14-2/h8,13H,3-7H2,1-2H3. The summed E-state index contributed by atoms with van der Waals surface area (Å²) in [5, 5.41) is 8.94. The van der Waals surface area contributed by atoms with Gasteiger partial charge in [0, 0.05) is 31.6 Å². The van der Waals surface area contributed by atoms with E-state index in [9.17, 15) is 0 Å². The van der Waals surface area contributed by atoms with Crippen molar-refractivity contribution in [1.29, 1.82) is 0 Å². The Morgan fingerprint density at radius 2 is 2.33 bits per heavy atom. The van der Waals surface area contributed by atoms with Crippen LogP contribution in [0.2, 0.25) is 0 Å². The van der Waals surface area contributed by atoms with E-state index in [1.54, 1.807) is 18.4 Å². The Balaban J connectivity index is 2.46. The summed E-state index contributed by atoms with van der Waals surface area (Å²) in [5.74, 6) is 0. The summed E-state index contributed by atoms with van der Waals surface area (Å²) in [6, 6.07) is 0. The highest BCUT2D eigenvalue weighted by Gasteiger charge is 2.08. The van der Waals surface area contributed by atoms with Crippen molar-refractivity contribution in [1.82, 2.24) is 9.88 Å². The minimum Gasteiger partial charge on any atom is -0.395 e. The zero-order chi connectivity index (χ0) is 11.1. The molecular formula is C10H18N2O2S. The number of aliphatic hydroxyl groups excluding tert-OH is 1. The molecule has 1 N–H and O–H groups in total. The molecule has 0 saturated heterocycles. The van der Waals surface area contributed by atoms with Gasteiger partial charge in [0.15, 0.2) is 0 Å². The van der Waals surface area contributed by atoms with E-state index in [1.165, 1.54) is 4.88 Å². The fraction of sp³-hybridized carbons (Fsp3) is 0.700. The summed E-state index contributed by atoms with van der Waals surface area (Å²) in [6.07, 6.45) is 0. The zero-order valence-corrected chi connectivity index (χ0v) is 10.1. The summed E-state index contributed by atoms with van der Waals surface area (Å²) in [4.78, 5) is 7.64. The van der Waals surface area contributed by atoms with Crippen molar-refractivity contribution >= 4 is 11.3 Å². The van der Waals surface area contributed by atoms with Gasteiger partial charge in [-0.1, -0.05) is 0 Å². The molecule has 1 rings (SSSR count). The van der Waals surface area contributed by atoms with Crippen LogP contribution in [0.3, 0.4) is 0 Å². The van der Waals surface area contributed by atoms with E-state index in [1.807, 2.05) is 12.4 Å². The molecule has 0 radical (unpaired) electrons. The lowest BCUT2D eigenvalue weighted by Gasteiger charge is -2.20. The lowest BCUT2D eigenvalue weighted by molar-refractivity contribution is 0.127. The number of hydrogen-bond donors (Lipinski definition) is 1. The quantitative estimate of drug-likeness (QED) is 0.755. The summed E-state index contributed by atoms with van der Waals surface area (Å²) >= 11 is 1.66. The van der Waals surface area contributed by atoms with Crippen LogP contribution in [0.1, 0.15) is 10.6 Å². The number of thiazole rings is 1. The summed E-state index contributed by atoms with van der Waals surface area (Å²) in [7, 11) is 1.69. The van der Waals surface area contributed by atoms with Crippen molar-refractivity contribution < 1.29 is 9.84 Å². The lowest BCUT2D eigenvalue weighted by atomic mass is 10.3. The highest BCUT2D eigenvalue weighted by molar-refractivity contribution is 7.09. The first-order valence-corrected chi connectivity index (χ1v) is 5.87. The van der Waals surface area contributed by atoms with Gasteiger partial charge in [-0.05, 0) is 6.92 Å². The van der Waals surface area contributed by atoms with Gasteiger partial charge in [-0.2, -0.15) is 0 Å². The molecule has 0 aliphatic carbocycles. The van der Waals surface area contributed by atoms with Gasteiger partial charge in [-0.25, -0.2) is 4.98 Å². The third-order valence-corrected chi connectivity index (χ3v) is 3.16. The van der Waals surface area contributed by atoms with Gasteiger partial charge in [-0.15, -0.1) is 11.3 Å². The topological polar surface area (TPSA) is 45.6 Å². The van der Waals surface area contributed by atoms with E-state index in [2.05, 4.69) is 9.88 Å². The smallest absolute Gasteiger partial charge is 0.0798 e. The maximum absolute atomic E-state index is 8.94. The normalized spacial score (nSPS) is 11.2. The fourth-order valence-corrected chi connectivity index (χ4v) is 2.13. The largest absolute Gasteiger partial charge is 0.395 e. The Morgan fingerprint density at radius 1 is 1.53 bits per heavy atom. The van der Waals surface area contributed by atoms with E-state index >= 15 is 0 Å². The average molecular weight is 230 g/mol. The molecule has 0 aromatic carbocycles. The van der Waals surface area contributed by atoms with Crippen molar-refractivity contribution in [2.75, 3.05) is 33.4 Å². The van der Waals surface area contributed by atoms with Crippen LogP contribution >= 0.6 is 11.3 Å². The van der Waals surface area contributed by atoms with Crippen molar-refractivity contribution in [3.05, 3.63) is 16.1 Å². The molecule has 0 unspecified atom stereocenters. The van der Waals surface area contributed by atoms with Crippen LogP contribution in [0.4, 0.5) is 0 Å². The molecular weight excluding hydrogens is 212 g/mol. The Kier molecular flexibility index (Phi) is 5.78. The van der Waals surface area contributed by atoms with E-state index in [-0.39, 0.29) is 6.61 Å². The first kappa shape index (κ1) is 12.6. The molecule has 0 atom stereocenters. The Bertz CT molecular complexity index is 278. The number of rotatable bonds is 7. The third-order valence-electron chi connectivity index (χ3n) is 2.24. The second-order valence-electron chi connectivity index (χ2n) is 3.35. The predicted molar refractivity (Wildman–Crippen MR) is 61.1 cm³/mol. The lowest BCUT2D eigenvalue weighted by Crippen LogP contribution is -2.29. The van der Waals surface area contributed by atoms with Gasteiger partial charge in [0.2, 0.25) is 0 Å². The number of ether oxygens (including phenoxy) is 1. The van der Waals surface area contributed by atoms with Crippen molar-refractivity contribution in [3.63, 3.8) is 0 Å². The summed E-state index contributed by atoms with van der Waals surface area (Å²) < 4.78 is 5.03. The molecule has 86 valence electrons. The van der Waals surface area contributed by atoms with Crippen LogP contribution in [-0.4, -0.2) is 48.4 Å². The maximum Gasteiger partial charge on any atom is 0.0798 e. The van der Waals surface area contributed by atoms with Gasteiger partial charge in [0.05, 0.1) is 24.4 Å². The number of aliphatic hydroxyl groups is 1. The van der Waals surface area contributed by atoms with E-state index in [0.717, 1.165) is 18.8 Å². The SMILES string of the molecule is COCCN(CCO)Cc1scnc1C. The first-order valence-electron chi connectivity index (χ1n) is 4.99. The monoisotopic (exact) mass is 230 g/mol. The van der Waals surface area contributed by atoms with Crippen LogP contribution in [0.25, 0.3) is 0 Å². The molecule has 1 aromatic heterocycles. The molecule has 4 nitrogen and oxygen atoms in total. The highest BCUT2D eigenvalue weighted by Crippen LogP contribution is 2.14. The second kappa shape index (κ2) is 6.90. The van der Waals surface area contributed by atoms with Crippen molar-refractivity contribution in [2.24, 2.45) is 0 Å². The number of aromatic nitrogens is 1. The minimum atomic E-state index is 0.182. The number of nitrogens with zero attached hydrogens (tertiary/aromatic N) is 2. The molecule has 0 saturated carbocycles. The summed E-state index contributed by atoms with van der Waals surface area (Å²) in [5.41, 5.74) is 2.94. The molecule has 15 heavy (non-hydrogen) atoms.